The quantitative estimate of drug-likeness (QED) is 0.0897. The second-order valence-corrected chi connectivity index (χ2v) is 31.8. The summed E-state index contributed by atoms with van der Waals surface area (Å²) in [5, 5.41) is 3.13. The second-order valence-electron chi connectivity index (χ2n) is 28.6. The van der Waals surface area contributed by atoms with Crippen LogP contribution in [0.4, 0.5) is 5.82 Å². The van der Waals surface area contributed by atoms with E-state index < -0.39 is 12.8 Å². The smallest absolute Gasteiger partial charge is 0.204 e. The predicted molar refractivity (Wildman–Crippen MR) is 333 cm³/mol. The summed E-state index contributed by atoms with van der Waals surface area (Å²) in [5.74, 6) is 3.69. The molecule has 13 rings (SSSR count). The standard InChI is InChI=1S/C74H87N3OP/c1-48(50-40-55(70(2,3)4)44-56(41-50)72(8,9)52-30-20-15-21-31-52)65(73(10,11)53-32-22-16-23-33-53)69(74(12,13)54-34-24-17-25-35-54)75-47-79-67-61(75)42-51(49-28-18-14-19-29-49)43-63(67)78-62-39-38-59-58-36-26-27-37-60(58)77(66(59)68(62)79)64-45-57(46-76(64)79)71(5,6)7/h14-16,18-24,27-34,37,40,43-46,51,54,56,59,62H,1,17,25-26,35-36,38-39,41-42,47H2,2-13H3/q+1/b69-65+/t51-,54?,56?,59?,62?,79?/m0/s1. The van der Waals surface area contributed by atoms with Gasteiger partial charge in [0, 0.05) is 46.7 Å². The first-order chi connectivity index (χ1) is 37.6. The number of fused-ring (bicyclic) bond motifs is 4. The average Bonchev–Trinajstić information content (AvgIpc) is 2.21. The summed E-state index contributed by atoms with van der Waals surface area (Å²) in [6, 6.07) is 36.8. The molecule has 4 nitrogen and oxygen atoms in total. The van der Waals surface area contributed by atoms with Crippen molar-refractivity contribution >= 4 is 13.2 Å². The first-order valence-electron chi connectivity index (χ1n) is 30.3. The molecule has 9 aliphatic rings. The molecule has 1 aromatic heterocycles. The van der Waals surface area contributed by atoms with Crippen LogP contribution in [0.5, 0.6) is 0 Å². The number of ether oxygens (including phenoxy) is 1. The number of nitrogens with zero attached hydrogens (tertiary/aromatic N) is 3. The van der Waals surface area contributed by atoms with E-state index in [1.54, 1.807) is 16.6 Å². The van der Waals surface area contributed by atoms with Crippen molar-refractivity contribution in [1.82, 2.24) is 9.24 Å². The fraction of sp³-hybridized carbons (Fsp3) is 0.432. The molecule has 4 aromatic rings. The third kappa shape index (κ3) is 8.12. The van der Waals surface area contributed by atoms with Crippen LogP contribution in [0.3, 0.4) is 0 Å². The monoisotopic (exact) mass is 1060 g/mol. The number of benzene rings is 3. The Bertz CT molecular complexity index is 3450. The molecule has 3 aromatic carbocycles. The van der Waals surface area contributed by atoms with Crippen LogP contribution in [0.1, 0.15) is 169 Å². The van der Waals surface area contributed by atoms with E-state index in [-0.39, 0.29) is 39.6 Å². The Hall–Kier alpha value is -5.83. The van der Waals surface area contributed by atoms with Crippen molar-refractivity contribution in [1.29, 1.82) is 0 Å². The van der Waals surface area contributed by atoms with E-state index in [1.807, 2.05) is 0 Å². The lowest BCUT2D eigenvalue weighted by Gasteiger charge is -2.48. The molecule has 0 amide bonds. The number of aromatic nitrogens is 1. The SMILES string of the molecule is C=C(C1=CC(C(C)(C)C)=CC(C(C)(C)c2ccccc2)C1)/C(=C(\N1C[P+]23C4=C1C[C@H](c1ccccc1)C=C4OC1CCC4C5=C(C=CCC5)N(C4=C12)c1cc(C(C)(C)C)cn13)C(C)(C)C1C=CCCC1)C(C)(C)c1ccccc1. The molecule has 5 unspecified atom stereocenters. The largest absolute Gasteiger partial charge is 0.478 e. The zero-order chi connectivity index (χ0) is 55.2. The molecule has 0 radical (unpaired) electrons. The number of hydrogen-bond donors (Lipinski definition) is 0. The highest BCUT2D eigenvalue weighted by Gasteiger charge is 2.72. The molecular formula is C74H87N3OP+. The molecule has 0 saturated carbocycles. The summed E-state index contributed by atoms with van der Waals surface area (Å²) in [4.78, 5) is 5.78. The van der Waals surface area contributed by atoms with Crippen molar-refractivity contribution in [3.63, 3.8) is 0 Å². The van der Waals surface area contributed by atoms with Crippen molar-refractivity contribution in [2.24, 2.45) is 28.6 Å². The number of hydrogen-bond acceptors (Lipinski definition) is 3. The lowest BCUT2D eigenvalue weighted by atomic mass is 9.62. The lowest BCUT2D eigenvalue weighted by Crippen LogP contribution is -2.42. The highest BCUT2D eigenvalue weighted by molar-refractivity contribution is 7.83. The molecule has 0 bridgehead atoms. The van der Waals surface area contributed by atoms with Crippen molar-refractivity contribution < 1.29 is 4.74 Å². The molecule has 5 heteroatoms. The Morgan fingerprint density at radius 2 is 1.41 bits per heavy atom. The zero-order valence-corrected chi connectivity index (χ0v) is 50.6. The van der Waals surface area contributed by atoms with Gasteiger partial charge in [-0.2, -0.15) is 4.34 Å². The maximum absolute atomic E-state index is 7.83. The van der Waals surface area contributed by atoms with Crippen LogP contribution in [-0.2, 0) is 21.0 Å². The molecule has 408 valence electrons. The van der Waals surface area contributed by atoms with Gasteiger partial charge < -0.3 is 9.64 Å². The molecule has 1 fully saturated rings. The third-order valence-corrected chi connectivity index (χ3v) is 25.0. The fourth-order valence-corrected chi connectivity index (χ4v) is 21.1. The summed E-state index contributed by atoms with van der Waals surface area (Å²) in [7, 11) is -2.49. The molecule has 5 heterocycles. The molecule has 79 heavy (non-hydrogen) atoms. The van der Waals surface area contributed by atoms with Gasteiger partial charge >= 0.3 is 0 Å². The van der Waals surface area contributed by atoms with Crippen LogP contribution in [0.2, 0.25) is 0 Å². The van der Waals surface area contributed by atoms with Gasteiger partial charge in [-0.3, -0.25) is 4.90 Å². The lowest BCUT2D eigenvalue weighted by molar-refractivity contribution is 0.131. The van der Waals surface area contributed by atoms with E-state index in [0.29, 0.717) is 11.8 Å². The minimum Gasteiger partial charge on any atom is -0.478 e. The van der Waals surface area contributed by atoms with Crippen molar-refractivity contribution in [3.05, 3.63) is 242 Å². The minimum absolute atomic E-state index is 0.0172. The summed E-state index contributed by atoms with van der Waals surface area (Å²) in [5.41, 5.74) is 17.5. The Balaban J connectivity index is 1.12. The molecule has 0 N–H and O–H groups in total. The van der Waals surface area contributed by atoms with E-state index >= 15 is 0 Å². The van der Waals surface area contributed by atoms with Gasteiger partial charge in [0.1, 0.15) is 0 Å². The molecule has 1 spiro atoms. The molecular weight excluding hydrogens is 978 g/mol. The maximum Gasteiger partial charge on any atom is 0.204 e. The van der Waals surface area contributed by atoms with Gasteiger partial charge in [0.05, 0.1) is 11.4 Å². The first kappa shape index (κ1) is 52.5. The highest BCUT2D eigenvalue weighted by Crippen LogP contribution is 2.87. The van der Waals surface area contributed by atoms with Gasteiger partial charge in [0.2, 0.25) is 7.41 Å². The average molecular weight is 1070 g/mol. The van der Waals surface area contributed by atoms with Crippen molar-refractivity contribution in [3.8, 4) is 0 Å². The molecule has 6 atom stereocenters. The van der Waals surface area contributed by atoms with Gasteiger partial charge in [-0.25, -0.2) is 0 Å². The number of allylic oxidation sites excluding steroid dienone is 15. The summed E-state index contributed by atoms with van der Waals surface area (Å²) in [6.07, 6.45) is 31.2. The van der Waals surface area contributed by atoms with E-state index in [2.05, 4.69) is 243 Å². The Kier molecular flexibility index (Phi) is 12.4. The van der Waals surface area contributed by atoms with E-state index in [4.69, 9.17) is 11.3 Å². The van der Waals surface area contributed by atoms with Gasteiger partial charge in [0.25, 0.3) is 0 Å². The predicted octanol–water partition coefficient (Wildman–Crippen LogP) is 19.6. The van der Waals surface area contributed by atoms with Crippen LogP contribution in [0, 0.1) is 28.6 Å². The maximum atomic E-state index is 7.83. The van der Waals surface area contributed by atoms with Crippen LogP contribution >= 0.6 is 7.41 Å². The minimum atomic E-state index is -2.49. The fourth-order valence-electron chi connectivity index (χ4n) is 16.0. The second kappa shape index (κ2) is 18.6. The van der Waals surface area contributed by atoms with Crippen LogP contribution in [-0.4, -0.2) is 21.6 Å². The van der Waals surface area contributed by atoms with Crippen molar-refractivity contribution in [2.45, 2.75) is 169 Å². The summed E-state index contributed by atoms with van der Waals surface area (Å²) < 4.78 is 10.8. The Morgan fingerprint density at radius 1 is 0.709 bits per heavy atom. The van der Waals surface area contributed by atoms with Crippen molar-refractivity contribution in [2.75, 3.05) is 11.2 Å². The van der Waals surface area contributed by atoms with Crippen LogP contribution < -0.4 is 4.90 Å². The molecule has 4 aliphatic heterocycles. The van der Waals surface area contributed by atoms with Crippen LogP contribution in [0.25, 0.3) is 0 Å². The van der Waals surface area contributed by atoms with Gasteiger partial charge in [-0.05, 0) is 148 Å². The summed E-state index contributed by atoms with van der Waals surface area (Å²) in [6.45, 7) is 35.3. The topological polar surface area (TPSA) is 20.6 Å². The number of rotatable bonds is 10. The van der Waals surface area contributed by atoms with Gasteiger partial charge in [-0.15, -0.1) is 0 Å². The van der Waals surface area contributed by atoms with E-state index in [1.165, 1.54) is 79.2 Å². The van der Waals surface area contributed by atoms with Gasteiger partial charge in [-0.1, -0.05) is 211 Å². The third-order valence-electron chi connectivity index (χ3n) is 20.7. The van der Waals surface area contributed by atoms with Crippen LogP contribution in [0.15, 0.2) is 219 Å². The Labute approximate surface area is 475 Å². The number of anilines is 1. The molecule has 5 aliphatic carbocycles. The summed E-state index contributed by atoms with van der Waals surface area (Å²) >= 11 is 0. The van der Waals surface area contributed by atoms with E-state index in [0.717, 1.165) is 63.4 Å². The van der Waals surface area contributed by atoms with Gasteiger partial charge in [0.15, 0.2) is 34.6 Å². The molecule has 1 saturated heterocycles. The Morgan fingerprint density at radius 3 is 2.08 bits per heavy atom. The first-order valence-corrected chi connectivity index (χ1v) is 32.2. The zero-order valence-electron chi connectivity index (χ0n) is 49.7. The van der Waals surface area contributed by atoms with E-state index in [9.17, 15) is 0 Å². The highest BCUT2D eigenvalue weighted by atomic mass is 31.2. The normalized spacial score (nSPS) is 26.7.